The fourth-order valence-electron chi connectivity index (χ4n) is 2.77. The third-order valence-corrected chi connectivity index (χ3v) is 6.89. The lowest BCUT2D eigenvalue weighted by molar-refractivity contribution is -0.139. The highest BCUT2D eigenvalue weighted by atomic mass is 32.2. The first-order chi connectivity index (χ1) is 14.0. The summed E-state index contributed by atoms with van der Waals surface area (Å²) in [5, 5.41) is 3.19. The van der Waals surface area contributed by atoms with Crippen LogP contribution in [-0.4, -0.2) is 20.4 Å². The number of hydrogen-bond acceptors (Lipinski definition) is 4. The van der Waals surface area contributed by atoms with Gasteiger partial charge in [-0.05, 0) is 48.7 Å². The van der Waals surface area contributed by atoms with Crippen LogP contribution in [0.1, 0.15) is 17.4 Å². The summed E-state index contributed by atoms with van der Waals surface area (Å²) in [6.45, 7) is 1.29. The lowest BCUT2D eigenvalue weighted by atomic mass is 10.2. The van der Waals surface area contributed by atoms with Crippen LogP contribution in [0.4, 0.5) is 17.6 Å². The van der Waals surface area contributed by atoms with Gasteiger partial charge in [0.2, 0.25) is 15.9 Å². The van der Waals surface area contributed by atoms with Crippen LogP contribution in [0.2, 0.25) is 0 Å². The van der Waals surface area contributed by atoms with E-state index in [0.717, 1.165) is 16.8 Å². The third kappa shape index (κ3) is 4.97. The van der Waals surface area contributed by atoms with E-state index >= 15 is 0 Å². The van der Waals surface area contributed by atoms with Crippen molar-refractivity contribution in [1.29, 1.82) is 0 Å². The van der Waals surface area contributed by atoms with Crippen LogP contribution < -0.4 is 10.0 Å². The Bertz CT molecular complexity index is 1190. The van der Waals surface area contributed by atoms with Crippen molar-refractivity contribution in [3.8, 4) is 0 Å². The molecule has 1 heterocycles. The second kappa shape index (κ2) is 8.32. The molecule has 30 heavy (non-hydrogen) atoms. The molecule has 5 nitrogen and oxygen atoms in total. The summed E-state index contributed by atoms with van der Waals surface area (Å²) in [5.41, 5.74) is -1.32. The van der Waals surface area contributed by atoms with Crippen molar-refractivity contribution < 1.29 is 30.8 Å². The first-order valence-electron chi connectivity index (χ1n) is 8.61. The van der Waals surface area contributed by atoms with Gasteiger partial charge in [-0.25, -0.2) is 12.8 Å². The maximum atomic E-state index is 13.3. The molecule has 0 aliphatic heterocycles. The molecular weight excluding hydrogens is 444 g/mol. The lowest BCUT2D eigenvalue weighted by Gasteiger charge is -2.17. The number of halogens is 4. The molecule has 0 saturated heterocycles. The van der Waals surface area contributed by atoms with Crippen LogP contribution in [0.5, 0.6) is 0 Å². The Balaban J connectivity index is 1.69. The molecule has 0 aliphatic rings. The number of amides is 1. The highest BCUT2D eigenvalue weighted by molar-refractivity contribution is 7.89. The SMILES string of the molecule is C[C@H](NS(=O)(=O)c1ccccc1C(F)(F)F)C(=O)NCc1cc2cc(F)ccc2s1. The van der Waals surface area contributed by atoms with E-state index in [2.05, 4.69) is 5.32 Å². The van der Waals surface area contributed by atoms with Crippen molar-refractivity contribution >= 4 is 37.4 Å². The van der Waals surface area contributed by atoms with Crippen LogP contribution >= 0.6 is 11.3 Å². The molecule has 1 amide bonds. The van der Waals surface area contributed by atoms with Gasteiger partial charge in [-0.2, -0.15) is 17.9 Å². The molecule has 2 N–H and O–H groups in total. The van der Waals surface area contributed by atoms with Gasteiger partial charge in [-0.3, -0.25) is 4.79 Å². The number of nitrogens with one attached hydrogen (secondary N) is 2. The molecule has 0 saturated carbocycles. The van der Waals surface area contributed by atoms with Gasteiger partial charge in [0.1, 0.15) is 5.82 Å². The normalized spacial score (nSPS) is 13.4. The Morgan fingerprint density at radius 3 is 2.53 bits per heavy atom. The first-order valence-corrected chi connectivity index (χ1v) is 10.9. The average Bonchev–Trinajstić information content (AvgIpc) is 3.07. The van der Waals surface area contributed by atoms with Crippen molar-refractivity contribution in [2.24, 2.45) is 0 Å². The number of benzene rings is 2. The molecule has 11 heteroatoms. The van der Waals surface area contributed by atoms with Gasteiger partial charge in [0.25, 0.3) is 0 Å². The number of fused-ring (bicyclic) bond motifs is 1. The van der Waals surface area contributed by atoms with Gasteiger partial charge in [-0.15, -0.1) is 11.3 Å². The first kappa shape index (κ1) is 22.2. The molecular formula is C19H16F4N2O3S2. The summed E-state index contributed by atoms with van der Waals surface area (Å²) < 4.78 is 80.2. The number of alkyl halides is 3. The molecule has 0 radical (unpaired) electrons. The van der Waals surface area contributed by atoms with Crippen LogP contribution in [0.15, 0.2) is 53.4 Å². The number of carbonyl (C=O) groups excluding carboxylic acids is 1. The summed E-state index contributed by atoms with van der Waals surface area (Å²) in [6.07, 6.45) is -4.86. The second-order valence-electron chi connectivity index (χ2n) is 6.45. The number of rotatable bonds is 6. The van der Waals surface area contributed by atoms with E-state index in [1.807, 2.05) is 4.72 Å². The zero-order valence-corrected chi connectivity index (χ0v) is 17.1. The third-order valence-electron chi connectivity index (χ3n) is 4.17. The predicted molar refractivity (Wildman–Crippen MR) is 105 cm³/mol. The Morgan fingerprint density at radius 2 is 1.83 bits per heavy atom. The number of thiophene rings is 1. The molecule has 0 spiro atoms. The van der Waals surface area contributed by atoms with E-state index < -0.39 is 44.4 Å². The average molecular weight is 460 g/mol. The topological polar surface area (TPSA) is 75.3 Å². The van der Waals surface area contributed by atoms with Gasteiger partial charge in [-0.1, -0.05) is 12.1 Å². The summed E-state index contributed by atoms with van der Waals surface area (Å²) in [7, 11) is -4.60. The summed E-state index contributed by atoms with van der Waals surface area (Å²) >= 11 is 1.33. The van der Waals surface area contributed by atoms with Crippen molar-refractivity contribution in [3.05, 3.63) is 64.8 Å². The Kier molecular flexibility index (Phi) is 6.16. The minimum Gasteiger partial charge on any atom is -0.350 e. The van der Waals surface area contributed by atoms with E-state index in [-0.39, 0.29) is 6.54 Å². The molecule has 3 rings (SSSR count). The zero-order chi connectivity index (χ0) is 22.1. The molecule has 3 aromatic rings. The predicted octanol–water partition coefficient (Wildman–Crippen LogP) is 4.04. The highest BCUT2D eigenvalue weighted by Crippen LogP contribution is 2.34. The van der Waals surface area contributed by atoms with Gasteiger partial charge < -0.3 is 5.32 Å². The molecule has 2 aromatic carbocycles. The Hall–Kier alpha value is -2.50. The number of sulfonamides is 1. The van der Waals surface area contributed by atoms with Gasteiger partial charge in [0.05, 0.1) is 23.0 Å². The van der Waals surface area contributed by atoms with E-state index in [0.29, 0.717) is 16.3 Å². The maximum absolute atomic E-state index is 13.3. The van der Waals surface area contributed by atoms with Gasteiger partial charge in [0, 0.05) is 9.58 Å². The second-order valence-corrected chi connectivity index (χ2v) is 9.30. The van der Waals surface area contributed by atoms with Crippen molar-refractivity contribution in [2.45, 2.75) is 30.6 Å². The zero-order valence-electron chi connectivity index (χ0n) is 15.5. The minimum atomic E-state index is -4.86. The highest BCUT2D eigenvalue weighted by Gasteiger charge is 2.37. The van der Waals surface area contributed by atoms with Gasteiger partial charge in [0.15, 0.2) is 0 Å². The summed E-state index contributed by atoms with van der Waals surface area (Å²) in [5.74, 6) is -1.11. The van der Waals surface area contributed by atoms with Crippen LogP contribution in [0.25, 0.3) is 10.1 Å². The standard InChI is InChI=1S/C19H16F4N2O3S2/c1-11(25-30(27,28)17-5-3-2-4-15(17)19(21,22)23)18(26)24-10-14-9-12-8-13(20)6-7-16(12)29-14/h2-9,11,25H,10H2,1H3,(H,24,26)/t11-/m0/s1. The molecule has 0 unspecified atom stereocenters. The molecule has 160 valence electrons. The number of hydrogen-bond donors (Lipinski definition) is 2. The summed E-state index contributed by atoms with van der Waals surface area (Å²) in [6, 6.07) is 8.38. The van der Waals surface area contributed by atoms with Crippen molar-refractivity contribution in [2.75, 3.05) is 0 Å². The largest absolute Gasteiger partial charge is 0.417 e. The minimum absolute atomic E-state index is 0.0605. The fourth-order valence-corrected chi connectivity index (χ4v) is 5.18. The van der Waals surface area contributed by atoms with E-state index in [1.54, 1.807) is 12.1 Å². The van der Waals surface area contributed by atoms with E-state index in [4.69, 9.17) is 0 Å². The smallest absolute Gasteiger partial charge is 0.350 e. The molecule has 0 aliphatic carbocycles. The molecule has 0 bridgehead atoms. The lowest BCUT2D eigenvalue weighted by Crippen LogP contribution is -2.44. The monoisotopic (exact) mass is 460 g/mol. The molecule has 0 fully saturated rings. The maximum Gasteiger partial charge on any atom is 0.417 e. The quantitative estimate of drug-likeness (QED) is 0.545. The Labute approximate surface area is 173 Å². The van der Waals surface area contributed by atoms with E-state index in [1.165, 1.54) is 36.5 Å². The molecule has 1 atom stereocenters. The van der Waals surface area contributed by atoms with Crippen molar-refractivity contribution in [3.63, 3.8) is 0 Å². The van der Waals surface area contributed by atoms with Crippen molar-refractivity contribution in [1.82, 2.24) is 10.0 Å². The van der Waals surface area contributed by atoms with Crippen LogP contribution in [0.3, 0.4) is 0 Å². The van der Waals surface area contributed by atoms with Gasteiger partial charge >= 0.3 is 6.18 Å². The fraction of sp³-hybridized carbons (Fsp3) is 0.211. The summed E-state index contributed by atoms with van der Waals surface area (Å²) in [4.78, 5) is 12.0. The van der Waals surface area contributed by atoms with Crippen LogP contribution in [-0.2, 0) is 27.5 Å². The van der Waals surface area contributed by atoms with Crippen LogP contribution in [0, 0.1) is 5.82 Å². The molecule has 1 aromatic heterocycles. The number of carbonyl (C=O) groups is 1. The van der Waals surface area contributed by atoms with E-state index in [9.17, 15) is 30.8 Å². The Morgan fingerprint density at radius 1 is 1.13 bits per heavy atom.